The van der Waals surface area contributed by atoms with E-state index in [1.54, 1.807) is 14.1 Å². The van der Waals surface area contributed by atoms with E-state index >= 15 is 0 Å². The number of anilines is 3. The molecule has 0 radical (unpaired) electrons. The summed E-state index contributed by atoms with van der Waals surface area (Å²) in [6.07, 6.45) is 5.06. The lowest BCUT2D eigenvalue weighted by Gasteiger charge is -2.34. The number of aromatic nitrogens is 2. The second-order valence-electron chi connectivity index (χ2n) is 8.82. The van der Waals surface area contributed by atoms with Gasteiger partial charge < -0.3 is 26.2 Å². The molecule has 1 atom stereocenters. The number of rotatable bonds is 6. The number of nitriles is 1. The van der Waals surface area contributed by atoms with Gasteiger partial charge in [-0.15, -0.1) is 0 Å². The monoisotopic (exact) mass is 448 g/mol. The summed E-state index contributed by atoms with van der Waals surface area (Å²) < 4.78 is 0. The zero-order chi connectivity index (χ0) is 23.6. The molecule has 1 saturated heterocycles. The molecule has 10 nitrogen and oxygen atoms in total. The molecule has 2 aromatic rings. The van der Waals surface area contributed by atoms with Crippen molar-refractivity contribution in [3.8, 4) is 6.07 Å². The summed E-state index contributed by atoms with van der Waals surface area (Å²) in [7, 11) is 3.42. The molecule has 1 aliphatic heterocycles. The van der Waals surface area contributed by atoms with Crippen LogP contribution in [0.25, 0.3) is 0 Å². The number of benzene rings is 1. The van der Waals surface area contributed by atoms with Gasteiger partial charge in [0, 0.05) is 38.9 Å². The van der Waals surface area contributed by atoms with Crippen LogP contribution < -0.4 is 21.3 Å². The highest BCUT2D eigenvalue weighted by Gasteiger charge is 2.44. The highest BCUT2D eigenvalue weighted by atomic mass is 16.2. The number of nitrogens with one attached hydrogen (secondary N) is 2. The second kappa shape index (κ2) is 8.94. The highest BCUT2D eigenvalue weighted by Crippen LogP contribution is 2.47. The third-order valence-corrected chi connectivity index (χ3v) is 6.14. The number of urea groups is 1. The summed E-state index contributed by atoms with van der Waals surface area (Å²) in [5, 5.41) is 15.6. The molecule has 1 saturated carbocycles. The number of amides is 3. The van der Waals surface area contributed by atoms with Crippen LogP contribution in [0.1, 0.15) is 41.7 Å². The van der Waals surface area contributed by atoms with Crippen molar-refractivity contribution in [3.05, 3.63) is 41.7 Å². The predicted octanol–water partition coefficient (Wildman–Crippen LogP) is 2.11. The third kappa shape index (κ3) is 4.82. The third-order valence-electron chi connectivity index (χ3n) is 6.14. The van der Waals surface area contributed by atoms with Crippen LogP contribution in [0.4, 0.5) is 22.1 Å². The van der Waals surface area contributed by atoms with Gasteiger partial charge in [0.15, 0.2) is 11.5 Å². The van der Waals surface area contributed by atoms with Gasteiger partial charge in [-0.2, -0.15) is 5.26 Å². The number of hydrogen-bond acceptors (Lipinski definition) is 7. The number of carbonyl (C=O) groups excluding carboxylic acids is 2. The van der Waals surface area contributed by atoms with E-state index < -0.39 is 5.91 Å². The van der Waals surface area contributed by atoms with E-state index in [1.165, 1.54) is 11.1 Å². The fraction of sp³-hybridized carbons (Fsp3) is 0.435. The Kier molecular flexibility index (Phi) is 6.05. The van der Waals surface area contributed by atoms with Gasteiger partial charge in [0.25, 0.3) is 5.91 Å². The zero-order valence-corrected chi connectivity index (χ0v) is 18.8. The Labute approximate surface area is 192 Å². The Bertz CT molecular complexity index is 1090. The number of primary amides is 1. The molecule has 33 heavy (non-hydrogen) atoms. The molecular weight excluding hydrogens is 420 g/mol. The van der Waals surface area contributed by atoms with Crippen LogP contribution in [0.5, 0.6) is 0 Å². The van der Waals surface area contributed by atoms with Crippen LogP contribution in [-0.4, -0.2) is 60.0 Å². The lowest BCUT2D eigenvalue weighted by molar-refractivity contribution is 0.0996. The van der Waals surface area contributed by atoms with Gasteiger partial charge in [-0.05, 0) is 43.4 Å². The summed E-state index contributed by atoms with van der Waals surface area (Å²) in [4.78, 5) is 36.4. The first-order valence-corrected chi connectivity index (χ1v) is 11.0. The predicted molar refractivity (Wildman–Crippen MR) is 124 cm³/mol. The van der Waals surface area contributed by atoms with E-state index in [9.17, 15) is 14.9 Å². The number of piperidine rings is 1. The van der Waals surface area contributed by atoms with Crippen molar-refractivity contribution >= 4 is 29.3 Å². The first kappa shape index (κ1) is 22.3. The lowest BCUT2D eigenvalue weighted by atomic mass is 9.98. The Balaban J connectivity index is 1.53. The van der Waals surface area contributed by atoms with Crippen LogP contribution in [0, 0.1) is 11.3 Å². The van der Waals surface area contributed by atoms with Crippen molar-refractivity contribution in [2.24, 2.45) is 5.73 Å². The van der Waals surface area contributed by atoms with E-state index in [0.717, 1.165) is 43.5 Å². The molecule has 10 heteroatoms. The average molecular weight is 449 g/mol. The zero-order valence-electron chi connectivity index (χ0n) is 18.8. The van der Waals surface area contributed by atoms with Crippen molar-refractivity contribution in [1.82, 2.24) is 20.2 Å². The fourth-order valence-electron chi connectivity index (χ4n) is 4.01. The van der Waals surface area contributed by atoms with Gasteiger partial charge in [0.1, 0.15) is 5.82 Å². The molecule has 0 spiro atoms. The van der Waals surface area contributed by atoms with Gasteiger partial charge in [0.05, 0.1) is 17.7 Å². The van der Waals surface area contributed by atoms with Gasteiger partial charge >= 0.3 is 6.03 Å². The molecule has 2 fully saturated rings. The normalized spacial score (nSPS) is 18.7. The Morgan fingerprint density at radius 3 is 2.61 bits per heavy atom. The maximum Gasteiger partial charge on any atom is 0.317 e. The molecule has 4 rings (SSSR count). The van der Waals surface area contributed by atoms with Crippen molar-refractivity contribution in [2.45, 2.75) is 37.1 Å². The van der Waals surface area contributed by atoms with E-state index in [4.69, 9.17) is 5.73 Å². The van der Waals surface area contributed by atoms with E-state index in [2.05, 4.69) is 26.7 Å². The largest absolute Gasteiger partial charge is 0.364 e. The molecule has 172 valence electrons. The minimum Gasteiger partial charge on any atom is -0.364 e. The molecule has 1 aromatic heterocycles. The van der Waals surface area contributed by atoms with Crippen molar-refractivity contribution in [2.75, 3.05) is 37.4 Å². The first-order valence-electron chi connectivity index (χ1n) is 11.0. The van der Waals surface area contributed by atoms with Crippen molar-refractivity contribution < 1.29 is 9.59 Å². The average Bonchev–Trinajstić information content (AvgIpc) is 3.61. The molecular formula is C23H28N8O2. The lowest BCUT2D eigenvalue weighted by Crippen LogP contribution is -2.50. The van der Waals surface area contributed by atoms with Crippen molar-refractivity contribution in [3.63, 3.8) is 0 Å². The standard InChI is InChI=1S/C23H28N8O2/c1-30(2)22(33)28-17-4-3-11-31(13-17)18-12-26-19(20(25)32)21(29-18)27-16-7-5-15(6-8-16)23(14-24)9-10-23/h5-8,12,17H,3-4,9-11,13H2,1-2H3,(H2,25,32)(H,27,29)(H,28,33)/t17-/m1/s1. The number of nitrogens with zero attached hydrogens (tertiary/aromatic N) is 5. The fourth-order valence-corrected chi connectivity index (χ4v) is 4.01. The Hall–Kier alpha value is -3.87. The molecule has 1 aliphatic carbocycles. The summed E-state index contributed by atoms with van der Waals surface area (Å²) in [6, 6.07) is 9.81. The SMILES string of the molecule is CN(C)C(=O)N[C@@H]1CCCN(c2cnc(C(N)=O)c(Nc3ccc(C4(C#N)CC4)cc3)n2)C1. The molecule has 1 aromatic carbocycles. The minimum absolute atomic E-state index is 0.00917. The maximum atomic E-state index is 12.0. The molecule has 0 bridgehead atoms. The first-order chi connectivity index (χ1) is 15.8. The Morgan fingerprint density at radius 1 is 1.27 bits per heavy atom. The molecule has 3 amide bonds. The van der Waals surface area contributed by atoms with Crippen LogP contribution in [-0.2, 0) is 5.41 Å². The summed E-state index contributed by atoms with van der Waals surface area (Å²) >= 11 is 0. The molecule has 2 aliphatic rings. The van der Waals surface area contributed by atoms with Crippen LogP contribution >= 0.6 is 0 Å². The summed E-state index contributed by atoms with van der Waals surface area (Å²) in [6.45, 7) is 1.36. The van der Waals surface area contributed by atoms with E-state index in [1.807, 2.05) is 29.2 Å². The molecule has 4 N–H and O–H groups in total. The number of carbonyl (C=O) groups is 2. The quantitative estimate of drug-likeness (QED) is 0.615. The highest BCUT2D eigenvalue weighted by molar-refractivity contribution is 5.96. The number of nitrogens with two attached hydrogens (primary N) is 1. The summed E-state index contributed by atoms with van der Waals surface area (Å²) in [5.41, 5.74) is 6.93. The minimum atomic E-state index is -0.677. The number of hydrogen-bond donors (Lipinski definition) is 3. The van der Waals surface area contributed by atoms with E-state index in [0.29, 0.717) is 12.4 Å². The van der Waals surface area contributed by atoms with Crippen LogP contribution in [0.2, 0.25) is 0 Å². The Morgan fingerprint density at radius 2 is 2.00 bits per heavy atom. The summed E-state index contributed by atoms with van der Waals surface area (Å²) in [5.74, 6) is 0.197. The van der Waals surface area contributed by atoms with Gasteiger partial charge in [0.2, 0.25) is 0 Å². The van der Waals surface area contributed by atoms with Crippen LogP contribution in [0.15, 0.2) is 30.5 Å². The van der Waals surface area contributed by atoms with Crippen molar-refractivity contribution in [1.29, 1.82) is 5.26 Å². The van der Waals surface area contributed by atoms with Gasteiger partial charge in [-0.3, -0.25) is 4.79 Å². The molecule has 2 heterocycles. The van der Waals surface area contributed by atoms with E-state index in [-0.39, 0.29) is 29.0 Å². The molecule has 0 unspecified atom stereocenters. The van der Waals surface area contributed by atoms with Crippen LogP contribution in [0.3, 0.4) is 0 Å². The smallest absolute Gasteiger partial charge is 0.317 e. The van der Waals surface area contributed by atoms with Gasteiger partial charge in [-0.1, -0.05) is 12.1 Å². The topological polar surface area (TPSA) is 140 Å². The second-order valence-corrected chi connectivity index (χ2v) is 8.82. The maximum absolute atomic E-state index is 12.0. The van der Waals surface area contributed by atoms with Gasteiger partial charge in [-0.25, -0.2) is 14.8 Å².